The van der Waals surface area contributed by atoms with Gasteiger partial charge in [0.05, 0.1) is 7.05 Å². The molecule has 3 rings (SSSR count). The molecular formula is C15H15N2+. The summed E-state index contributed by atoms with van der Waals surface area (Å²) >= 11 is 0. The zero-order chi connectivity index (χ0) is 11.8. The molecule has 0 aliphatic rings. The number of rotatable bonds is 1. The zero-order valence-electron chi connectivity index (χ0n) is 10.1. The second kappa shape index (κ2) is 3.74. The molecule has 17 heavy (non-hydrogen) atoms. The van der Waals surface area contributed by atoms with Gasteiger partial charge in [-0.25, -0.2) is 9.13 Å². The largest absolute Gasteiger partial charge is 0.248 e. The Morgan fingerprint density at radius 2 is 1.88 bits per heavy atom. The summed E-state index contributed by atoms with van der Waals surface area (Å²) in [5.41, 5.74) is 2.56. The molecule has 0 radical (unpaired) electrons. The molecule has 0 bridgehead atoms. The first-order chi connectivity index (χ1) is 8.25. The van der Waals surface area contributed by atoms with Crippen molar-refractivity contribution in [2.45, 2.75) is 6.92 Å². The van der Waals surface area contributed by atoms with E-state index in [1.807, 2.05) is 7.05 Å². The average molecular weight is 223 g/mol. The van der Waals surface area contributed by atoms with E-state index in [2.05, 4.69) is 71.2 Å². The van der Waals surface area contributed by atoms with E-state index < -0.39 is 0 Å². The molecular weight excluding hydrogens is 208 g/mol. The highest BCUT2D eigenvalue weighted by Crippen LogP contribution is 2.25. The molecule has 0 amide bonds. The lowest BCUT2D eigenvalue weighted by Gasteiger charge is -2.06. The Bertz CT molecular complexity index is 680. The molecule has 0 aliphatic heterocycles. The maximum absolute atomic E-state index is 2.18. The monoisotopic (exact) mass is 223 g/mol. The summed E-state index contributed by atoms with van der Waals surface area (Å²) in [4.78, 5) is 0. The number of aromatic nitrogens is 2. The predicted molar refractivity (Wildman–Crippen MR) is 69.2 cm³/mol. The van der Waals surface area contributed by atoms with Gasteiger partial charge in [0.25, 0.3) is 0 Å². The number of benzene rings is 2. The molecule has 0 N–H and O–H groups in total. The summed E-state index contributed by atoms with van der Waals surface area (Å²) in [6, 6.07) is 12.9. The van der Waals surface area contributed by atoms with Crippen LogP contribution in [0.1, 0.15) is 5.56 Å². The van der Waals surface area contributed by atoms with E-state index in [9.17, 15) is 0 Å². The van der Waals surface area contributed by atoms with Gasteiger partial charge in [-0.2, -0.15) is 0 Å². The van der Waals surface area contributed by atoms with Crippen LogP contribution in [-0.4, -0.2) is 4.57 Å². The second-order valence-electron chi connectivity index (χ2n) is 4.44. The van der Waals surface area contributed by atoms with Gasteiger partial charge in [0, 0.05) is 5.39 Å². The molecule has 0 unspecified atom stereocenters. The molecule has 2 nitrogen and oxygen atoms in total. The van der Waals surface area contributed by atoms with E-state index in [1.165, 1.54) is 22.0 Å². The topological polar surface area (TPSA) is 8.81 Å². The Morgan fingerprint density at radius 1 is 1.06 bits per heavy atom. The van der Waals surface area contributed by atoms with Crippen LogP contribution in [0.2, 0.25) is 0 Å². The Balaban J connectivity index is 2.38. The van der Waals surface area contributed by atoms with Crippen LogP contribution in [0.4, 0.5) is 0 Å². The molecule has 2 aromatic carbocycles. The Hall–Kier alpha value is -2.09. The number of nitrogens with zero attached hydrogens (tertiary/aromatic N) is 2. The summed E-state index contributed by atoms with van der Waals surface area (Å²) in [6.45, 7) is 2.15. The van der Waals surface area contributed by atoms with Crippen molar-refractivity contribution in [3.63, 3.8) is 0 Å². The van der Waals surface area contributed by atoms with Gasteiger partial charge in [-0.15, -0.1) is 0 Å². The highest BCUT2D eigenvalue weighted by Gasteiger charge is 2.11. The smallest absolute Gasteiger partial charge is 0.239 e. The fourth-order valence-electron chi connectivity index (χ4n) is 2.29. The van der Waals surface area contributed by atoms with Crippen LogP contribution in [0.5, 0.6) is 0 Å². The Labute approximate surface area is 101 Å². The van der Waals surface area contributed by atoms with Crippen LogP contribution < -0.4 is 4.57 Å². The quantitative estimate of drug-likeness (QED) is 0.561. The SMILES string of the molecule is Cc1ccc2ccccc2c1-n1cc[n+](C)c1. The van der Waals surface area contributed by atoms with Crippen molar-refractivity contribution in [2.75, 3.05) is 0 Å². The molecule has 0 spiro atoms. The Morgan fingerprint density at radius 3 is 2.65 bits per heavy atom. The number of hydrogen-bond acceptors (Lipinski definition) is 0. The molecule has 0 aliphatic carbocycles. The maximum Gasteiger partial charge on any atom is 0.248 e. The van der Waals surface area contributed by atoms with Crippen molar-refractivity contribution in [3.8, 4) is 5.69 Å². The molecule has 0 atom stereocenters. The first-order valence-electron chi connectivity index (χ1n) is 5.77. The molecule has 0 fully saturated rings. The van der Waals surface area contributed by atoms with Crippen LogP contribution in [0, 0.1) is 6.92 Å². The van der Waals surface area contributed by atoms with Gasteiger partial charge in [0.1, 0.15) is 18.1 Å². The first kappa shape index (κ1) is 10.1. The van der Waals surface area contributed by atoms with Crippen LogP contribution >= 0.6 is 0 Å². The van der Waals surface area contributed by atoms with E-state index >= 15 is 0 Å². The molecule has 84 valence electrons. The van der Waals surface area contributed by atoms with Crippen molar-refractivity contribution < 1.29 is 4.57 Å². The number of imidazole rings is 1. The number of fused-ring (bicyclic) bond motifs is 1. The third kappa shape index (κ3) is 1.62. The zero-order valence-corrected chi connectivity index (χ0v) is 10.1. The Kier molecular flexibility index (Phi) is 2.22. The van der Waals surface area contributed by atoms with Crippen molar-refractivity contribution >= 4 is 10.8 Å². The molecule has 0 saturated heterocycles. The minimum absolute atomic E-state index is 1.27. The third-order valence-corrected chi connectivity index (χ3v) is 3.13. The third-order valence-electron chi connectivity index (χ3n) is 3.13. The summed E-state index contributed by atoms with van der Waals surface area (Å²) in [5.74, 6) is 0. The molecule has 1 aromatic heterocycles. The van der Waals surface area contributed by atoms with E-state index in [0.29, 0.717) is 0 Å². The summed E-state index contributed by atoms with van der Waals surface area (Å²) in [7, 11) is 2.04. The van der Waals surface area contributed by atoms with Crippen molar-refractivity contribution in [1.82, 2.24) is 4.57 Å². The normalized spacial score (nSPS) is 10.9. The fourth-order valence-corrected chi connectivity index (χ4v) is 2.29. The standard InChI is InChI=1S/C15H15N2/c1-12-7-8-13-5-3-4-6-14(13)15(12)17-10-9-16(2)11-17/h3-11H,1-2H3/q+1. The van der Waals surface area contributed by atoms with E-state index in [4.69, 9.17) is 0 Å². The van der Waals surface area contributed by atoms with E-state index in [1.54, 1.807) is 0 Å². The van der Waals surface area contributed by atoms with Gasteiger partial charge in [-0.1, -0.05) is 36.4 Å². The van der Waals surface area contributed by atoms with Gasteiger partial charge in [-0.3, -0.25) is 0 Å². The minimum atomic E-state index is 1.27. The highest BCUT2D eigenvalue weighted by molar-refractivity contribution is 5.91. The lowest BCUT2D eigenvalue weighted by atomic mass is 10.0. The number of hydrogen-bond donors (Lipinski definition) is 0. The maximum atomic E-state index is 2.18. The summed E-state index contributed by atoms with van der Waals surface area (Å²) < 4.78 is 4.23. The predicted octanol–water partition coefficient (Wildman–Crippen LogP) is 2.76. The van der Waals surface area contributed by atoms with Crippen LogP contribution in [0.3, 0.4) is 0 Å². The minimum Gasteiger partial charge on any atom is -0.239 e. The first-order valence-corrected chi connectivity index (χ1v) is 5.77. The van der Waals surface area contributed by atoms with Gasteiger partial charge in [0.15, 0.2) is 0 Å². The molecule has 3 aromatic rings. The van der Waals surface area contributed by atoms with Crippen LogP contribution in [-0.2, 0) is 7.05 Å². The lowest BCUT2D eigenvalue weighted by molar-refractivity contribution is -0.670. The lowest BCUT2D eigenvalue weighted by Crippen LogP contribution is -2.23. The highest BCUT2D eigenvalue weighted by atomic mass is 15.1. The van der Waals surface area contributed by atoms with Gasteiger partial charge in [0.2, 0.25) is 6.33 Å². The average Bonchev–Trinajstić information content (AvgIpc) is 2.75. The van der Waals surface area contributed by atoms with E-state index in [-0.39, 0.29) is 0 Å². The van der Waals surface area contributed by atoms with Crippen molar-refractivity contribution in [1.29, 1.82) is 0 Å². The summed E-state index contributed by atoms with van der Waals surface area (Å²) in [5, 5.41) is 2.58. The molecule has 2 heteroatoms. The van der Waals surface area contributed by atoms with Gasteiger partial charge in [-0.05, 0) is 17.9 Å². The van der Waals surface area contributed by atoms with Crippen molar-refractivity contribution in [3.05, 3.63) is 60.7 Å². The second-order valence-corrected chi connectivity index (χ2v) is 4.44. The molecule has 1 heterocycles. The van der Waals surface area contributed by atoms with E-state index in [0.717, 1.165) is 0 Å². The van der Waals surface area contributed by atoms with Gasteiger partial charge < -0.3 is 0 Å². The number of aryl methyl sites for hydroxylation is 2. The molecule has 0 saturated carbocycles. The van der Waals surface area contributed by atoms with Gasteiger partial charge >= 0.3 is 0 Å². The van der Waals surface area contributed by atoms with Crippen LogP contribution in [0.25, 0.3) is 16.5 Å². The fraction of sp³-hybridized carbons (Fsp3) is 0.133. The van der Waals surface area contributed by atoms with Crippen LogP contribution in [0.15, 0.2) is 55.1 Å². The summed E-state index contributed by atoms with van der Waals surface area (Å²) in [6.07, 6.45) is 6.24. The van der Waals surface area contributed by atoms with Crippen molar-refractivity contribution in [2.24, 2.45) is 7.05 Å².